The normalized spacial score (nSPS) is 22.3. The van der Waals surface area contributed by atoms with Crippen molar-refractivity contribution in [3.8, 4) is 5.75 Å². The van der Waals surface area contributed by atoms with Gasteiger partial charge < -0.3 is 14.4 Å². The second-order valence-corrected chi connectivity index (χ2v) is 7.55. The minimum absolute atomic E-state index is 0.0366. The molecule has 0 radical (unpaired) electrons. The zero-order chi connectivity index (χ0) is 18.8. The fourth-order valence-electron chi connectivity index (χ4n) is 3.31. The van der Waals surface area contributed by atoms with E-state index in [9.17, 15) is 9.59 Å². The van der Waals surface area contributed by atoms with E-state index in [2.05, 4.69) is 15.5 Å². The predicted octanol–water partition coefficient (Wildman–Crippen LogP) is 2.18. The van der Waals surface area contributed by atoms with Crippen molar-refractivity contribution in [2.24, 2.45) is 0 Å². The molecule has 142 valence electrons. The number of nitrogens with zero attached hydrogens (tertiary/aromatic N) is 3. The van der Waals surface area contributed by atoms with Crippen LogP contribution in [0.2, 0.25) is 0 Å². The molecule has 2 aromatic rings. The van der Waals surface area contributed by atoms with Gasteiger partial charge in [-0.15, -0.1) is 10.2 Å². The summed E-state index contributed by atoms with van der Waals surface area (Å²) in [6.07, 6.45) is 1.59. The van der Waals surface area contributed by atoms with Crippen LogP contribution in [0.1, 0.15) is 30.2 Å². The highest BCUT2D eigenvalue weighted by Gasteiger charge is 2.34. The summed E-state index contributed by atoms with van der Waals surface area (Å²) < 4.78 is 10.5. The molecule has 0 spiro atoms. The van der Waals surface area contributed by atoms with E-state index >= 15 is 0 Å². The lowest BCUT2D eigenvalue weighted by Gasteiger charge is -2.16. The monoisotopic (exact) mass is 388 g/mol. The summed E-state index contributed by atoms with van der Waals surface area (Å²) in [6, 6.07) is 7.40. The maximum absolute atomic E-state index is 12.4. The molecular weight excluding hydrogens is 368 g/mol. The summed E-state index contributed by atoms with van der Waals surface area (Å²) in [5.74, 6) is 0.575. The maximum Gasteiger partial charge on any atom is 0.255 e. The molecule has 27 heavy (non-hydrogen) atoms. The van der Waals surface area contributed by atoms with Gasteiger partial charge in [0.1, 0.15) is 16.9 Å². The molecule has 2 aliphatic heterocycles. The number of methoxy groups -OCH3 is 1. The number of ether oxygens (including phenoxy) is 2. The first kappa shape index (κ1) is 17.9. The van der Waals surface area contributed by atoms with Crippen molar-refractivity contribution < 1.29 is 19.1 Å². The molecule has 0 bridgehead atoms. The van der Waals surface area contributed by atoms with Gasteiger partial charge >= 0.3 is 0 Å². The van der Waals surface area contributed by atoms with E-state index in [1.807, 2.05) is 24.3 Å². The predicted molar refractivity (Wildman–Crippen MR) is 100 cm³/mol. The van der Waals surface area contributed by atoms with Crippen LogP contribution in [0, 0.1) is 0 Å². The number of amides is 2. The molecule has 0 saturated carbocycles. The highest BCUT2D eigenvalue weighted by molar-refractivity contribution is 7.15. The summed E-state index contributed by atoms with van der Waals surface area (Å²) in [5.41, 5.74) is 0.833. The van der Waals surface area contributed by atoms with Crippen LogP contribution in [0.15, 0.2) is 24.3 Å². The molecule has 1 aromatic heterocycles. The van der Waals surface area contributed by atoms with Gasteiger partial charge in [-0.25, -0.2) is 0 Å². The fraction of sp³-hybridized carbons (Fsp3) is 0.444. The number of anilines is 2. The smallest absolute Gasteiger partial charge is 0.255 e. The standard InChI is InChI=1S/C18H20N4O4S/c1-25-13-6-4-12(5-7-13)22-10-11(9-15(22)23)17-20-21-18(27-17)19-16(24)14-3-2-8-26-14/h4-7,11,14H,2-3,8-10H2,1H3,(H,19,21,24)/t11-,14-/m1/s1. The van der Waals surface area contributed by atoms with Crippen molar-refractivity contribution in [1.29, 1.82) is 0 Å². The second kappa shape index (κ2) is 7.61. The lowest BCUT2D eigenvalue weighted by atomic mass is 10.1. The largest absolute Gasteiger partial charge is 0.497 e. The Morgan fingerprint density at radius 1 is 1.33 bits per heavy atom. The Morgan fingerprint density at radius 2 is 2.15 bits per heavy atom. The van der Waals surface area contributed by atoms with Crippen LogP contribution < -0.4 is 15.0 Å². The first-order chi connectivity index (χ1) is 13.1. The van der Waals surface area contributed by atoms with Gasteiger partial charge in [0.05, 0.1) is 7.11 Å². The van der Waals surface area contributed by atoms with Crippen LogP contribution >= 0.6 is 11.3 Å². The van der Waals surface area contributed by atoms with Crippen molar-refractivity contribution in [1.82, 2.24) is 10.2 Å². The van der Waals surface area contributed by atoms with E-state index in [4.69, 9.17) is 9.47 Å². The van der Waals surface area contributed by atoms with E-state index in [0.717, 1.165) is 29.3 Å². The number of aromatic nitrogens is 2. The highest BCUT2D eigenvalue weighted by Crippen LogP contribution is 2.34. The molecule has 2 atom stereocenters. The van der Waals surface area contributed by atoms with Crippen LogP contribution in [-0.2, 0) is 14.3 Å². The minimum Gasteiger partial charge on any atom is -0.497 e. The second-order valence-electron chi connectivity index (χ2n) is 6.54. The molecule has 8 nitrogen and oxygen atoms in total. The van der Waals surface area contributed by atoms with Gasteiger partial charge in [0.25, 0.3) is 5.91 Å². The molecule has 3 heterocycles. The summed E-state index contributed by atoms with van der Waals surface area (Å²) in [4.78, 5) is 26.3. The van der Waals surface area contributed by atoms with Crippen molar-refractivity contribution in [2.45, 2.75) is 31.3 Å². The average Bonchev–Trinajstić information content (AvgIpc) is 3.42. The summed E-state index contributed by atoms with van der Waals surface area (Å²) in [7, 11) is 1.61. The third-order valence-electron chi connectivity index (χ3n) is 4.75. The number of hydrogen-bond donors (Lipinski definition) is 1. The molecule has 4 rings (SSSR count). The quantitative estimate of drug-likeness (QED) is 0.844. The Balaban J connectivity index is 1.41. The molecule has 2 aliphatic rings. The number of rotatable bonds is 5. The van der Waals surface area contributed by atoms with E-state index < -0.39 is 6.10 Å². The number of hydrogen-bond acceptors (Lipinski definition) is 7. The minimum atomic E-state index is -0.407. The number of carbonyl (C=O) groups excluding carboxylic acids is 2. The van der Waals surface area contributed by atoms with Crippen LogP contribution in [0.3, 0.4) is 0 Å². The molecule has 0 aliphatic carbocycles. The molecule has 2 saturated heterocycles. The number of nitrogens with one attached hydrogen (secondary N) is 1. The van der Waals surface area contributed by atoms with Crippen molar-refractivity contribution in [3.05, 3.63) is 29.3 Å². The maximum atomic E-state index is 12.4. The third-order valence-corrected chi connectivity index (χ3v) is 5.75. The Bertz CT molecular complexity index is 832. The Kier molecular flexibility index (Phi) is 5.04. The van der Waals surface area contributed by atoms with Gasteiger partial charge in [-0.1, -0.05) is 11.3 Å². The summed E-state index contributed by atoms with van der Waals surface area (Å²) in [6.45, 7) is 1.16. The zero-order valence-electron chi connectivity index (χ0n) is 14.9. The molecular formula is C18H20N4O4S. The Labute approximate surface area is 160 Å². The van der Waals surface area contributed by atoms with Gasteiger partial charge in [-0.2, -0.15) is 0 Å². The molecule has 2 fully saturated rings. The number of carbonyl (C=O) groups is 2. The SMILES string of the molecule is COc1ccc(N2C[C@H](c3nnc(NC(=O)[C@H]4CCCO4)s3)CC2=O)cc1. The summed E-state index contributed by atoms with van der Waals surface area (Å²) in [5, 5.41) is 12.2. The van der Waals surface area contributed by atoms with Crippen molar-refractivity contribution in [2.75, 3.05) is 30.5 Å². The Hall–Kier alpha value is -2.52. The highest BCUT2D eigenvalue weighted by atomic mass is 32.1. The average molecular weight is 388 g/mol. The van der Waals surface area contributed by atoms with Gasteiger partial charge in [-0.05, 0) is 37.1 Å². The van der Waals surface area contributed by atoms with Gasteiger partial charge in [0.2, 0.25) is 11.0 Å². The van der Waals surface area contributed by atoms with E-state index in [1.165, 1.54) is 11.3 Å². The lowest BCUT2D eigenvalue weighted by Crippen LogP contribution is -2.26. The topological polar surface area (TPSA) is 93.7 Å². The molecule has 2 amide bonds. The third kappa shape index (κ3) is 3.79. The lowest BCUT2D eigenvalue weighted by molar-refractivity contribution is -0.124. The zero-order valence-corrected chi connectivity index (χ0v) is 15.7. The molecule has 1 N–H and O–H groups in total. The van der Waals surface area contributed by atoms with Crippen LogP contribution in [0.25, 0.3) is 0 Å². The fourth-order valence-corrected chi connectivity index (χ4v) is 4.14. The van der Waals surface area contributed by atoms with Gasteiger partial charge in [0.15, 0.2) is 0 Å². The van der Waals surface area contributed by atoms with E-state index in [0.29, 0.717) is 24.7 Å². The first-order valence-corrected chi connectivity index (χ1v) is 9.66. The van der Waals surface area contributed by atoms with E-state index in [-0.39, 0.29) is 17.7 Å². The molecule has 1 aromatic carbocycles. The number of benzene rings is 1. The van der Waals surface area contributed by atoms with Crippen molar-refractivity contribution >= 4 is 34.0 Å². The Morgan fingerprint density at radius 3 is 2.85 bits per heavy atom. The first-order valence-electron chi connectivity index (χ1n) is 8.84. The molecule has 0 unspecified atom stereocenters. The van der Waals surface area contributed by atoms with Gasteiger partial charge in [0, 0.05) is 31.2 Å². The van der Waals surface area contributed by atoms with Crippen molar-refractivity contribution in [3.63, 3.8) is 0 Å². The summed E-state index contributed by atoms with van der Waals surface area (Å²) >= 11 is 1.31. The van der Waals surface area contributed by atoms with Gasteiger partial charge in [-0.3, -0.25) is 14.9 Å². The van der Waals surface area contributed by atoms with Crippen LogP contribution in [-0.4, -0.2) is 48.4 Å². The van der Waals surface area contributed by atoms with E-state index in [1.54, 1.807) is 12.0 Å². The molecule has 9 heteroatoms. The van der Waals surface area contributed by atoms with Crippen LogP contribution in [0.4, 0.5) is 10.8 Å². The van der Waals surface area contributed by atoms with Crippen LogP contribution in [0.5, 0.6) is 5.75 Å².